The minimum Gasteiger partial charge on any atom is -0.298 e. The second-order valence-corrected chi connectivity index (χ2v) is 9.02. The molecule has 5 nitrogen and oxygen atoms in total. The fourth-order valence-corrected chi connectivity index (χ4v) is 4.21. The monoisotopic (exact) mass is 347 g/mol. The van der Waals surface area contributed by atoms with Gasteiger partial charge in [-0.3, -0.25) is 10.00 Å². The Labute approximate surface area is 144 Å². The van der Waals surface area contributed by atoms with Crippen LogP contribution in [0.3, 0.4) is 0 Å². The van der Waals surface area contributed by atoms with E-state index in [2.05, 4.69) is 53.2 Å². The van der Waals surface area contributed by atoms with Crippen molar-refractivity contribution in [1.82, 2.24) is 15.1 Å². The predicted molar refractivity (Wildman–Crippen MR) is 94.9 cm³/mol. The van der Waals surface area contributed by atoms with Crippen LogP contribution in [0.5, 0.6) is 0 Å². The molecular formula is C18H25N3O2S. The van der Waals surface area contributed by atoms with E-state index in [1.807, 2.05) is 0 Å². The molecule has 0 radical (unpaired) electrons. The number of aromatic amines is 1. The molecule has 2 heterocycles. The van der Waals surface area contributed by atoms with E-state index in [1.54, 1.807) is 0 Å². The molecule has 0 spiro atoms. The summed E-state index contributed by atoms with van der Waals surface area (Å²) in [5.41, 5.74) is 3.41. The van der Waals surface area contributed by atoms with Gasteiger partial charge in [0, 0.05) is 25.3 Å². The first kappa shape index (κ1) is 17.2. The normalized spacial score (nSPS) is 19.2. The van der Waals surface area contributed by atoms with E-state index in [-0.39, 0.29) is 5.92 Å². The molecule has 1 atom stereocenters. The lowest BCUT2D eigenvalue weighted by Gasteiger charge is -2.16. The maximum Gasteiger partial charge on any atom is 0.178 e. The lowest BCUT2D eigenvalue weighted by Crippen LogP contribution is -2.20. The van der Waals surface area contributed by atoms with E-state index >= 15 is 0 Å². The van der Waals surface area contributed by atoms with E-state index in [4.69, 9.17) is 0 Å². The van der Waals surface area contributed by atoms with Crippen LogP contribution in [0.1, 0.15) is 48.9 Å². The molecule has 0 unspecified atom stereocenters. The average molecular weight is 347 g/mol. The predicted octanol–water partition coefficient (Wildman–Crippen LogP) is 2.93. The summed E-state index contributed by atoms with van der Waals surface area (Å²) in [6.07, 6.45) is 3.62. The van der Waals surface area contributed by atoms with Crippen LogP contribution in [-0.4, -0.2) is 42.9 Å². The molecule has 1 N–H and O–H groups in total. The summed E-state index contributed by atoms with van der Waals surface area (Å²) in [5, 5.41) is 6.85. The van der Waals surface area contributed by atoms with E-state index < -0.39 is 9.84 Å². The van der Waals surface area contributed by atoms with Crippen molar-refractivity contribution in [1.29, 1.82) is 0 Å². The van der Waals surface area contributed by atoms with Crippen LogP contribution in [0.2, 0.25) is 0 Å². The third-order valence-electron chi connectivity index (χ3n) is 4.76. The molecule has 2 aromatic rings. The Balaban J connectivity index is 1.67. The smallest absolute Gasteiger partial charge is 0.178 e. The number of H-pyrrole nitrogens is 1. The van der Waals surface area contributed by atoms with Crippen LogP contribution in [0, 0.1) is 0 Å². The lowest BCUT2D eigenvalue weighted by atomic mass is 10.0. The molecule has 0 aliphatic carbocycles. The quantitative estimate of drug-likeness (QED) is 0.903. The Bertz CT molecular complexity index is 794. The summed E-state index contributed by atoms with van der Waals surface area (Å²) in [5.74, 6) is 0.747. The first-order valence-corrected chi connectivity index (χ1v) is 10.3. The number of benzene rings is 1. The number of nitrogens with one attached hydrogen (secondary N) is 1. The summed E-state index contributed by atoms with van der Waals surface area (Å²) in [4.78, 5) is 2.72. The van der Waals surface area contributed by atoms with Crippen molar-refractivity contribution in [2.24, 2.45) is 0 Å². The van der Waals surface area contributed by atoms with Crippen molar-refractivity contribution >= 4 is 9.84 Å². The van der Waals surface area contributed by atoms with Crippen LogP contribution < -0.4 is 0 Å². The molecule has 0 amide bonds. The zero-order valence-corrected chi connectivity index (χ0v) is 15.3. The molecule has 1 saturated heterocycles. The fourth-order valence-electron chi connectivity index (χ4n) is 3.35. The van der Waals surface area contributed by atoms with Crippen molar-refractivity contribution in [2.45, 2.75) is 43.5 Å². The van der Waals surface area contributed by atoms with Gasteiger partial charge >= 0.3 is 0 Å². The Hall–Kier alpha value is -1.66. The average Bonchev–Trinajstić information content (AvgIpc) is 3.15. The van der Waals surface area contributed by atoms with Gasteiger partial charge in [0.25, 0.3) is 0 Å². The number of hydrogen-bond acceptors (Lipinski definition) is 4. The van der Waals surface area contributed by atoms with Gasteiger partial charge in [0.05, 0.1) is 11.9 Å². The third-order valence-corrected chi connectivity index (χ3v) is 5.89. The summed E-state index contributed by atoms with van der Waals surface area (Å²) in [6, 6.07) is 8.79. The van der Waals surface area contributed by atoms with Crippen molar-refractivity contribution in [3.05, 3.63) is 47.3 Å². The highest BCUT2D eigenvalue weighted by Crippen LogP contribution is 2.31. The van der Waals surface area contributed by atoms with E-state index in [1.165, 1.54) is 23.6 Å². The Morgan fingerprint density at radius 3 is 2.62 bits per heavy atom. The highest BCUT2D eigenvalue weighted by atomic mass is 32.2. The molecule has 1 aliphatic heterocycles. The van der Waals surface area contributed by atoms with Crippen molar-refractivity contribution < 1.29 is 8.42 Å². The van der Waals surface area contributed by atoms with Crippen LogP contribution >= 0.6 is 0 Å². The molecule has 1 fully saturated rings. The molecule has 3 rings (SSSR count). The molecular weight excluding hydrogens is 322 g/mol. The minimum absolute atomic E-state index is 0.201. The molecule has 0 bridgehead atoms. The molecule has 130 valence electrons. The van der Waals surface area contributed by atoms with Gasteiger partial charge in [-0.25, -0.2) is 8.42 Å². The van der Waals surface area contributed by atoms with Gasteiger partial charge < -0.3 is 0 Å². The molecule has 1 aromatic carbocycles. The van der Waals surface area contributed by atoms with E-state index in [0.29, 0.717) is 10.8 Å². The number of nitrogens with zero attached hydrogens (tertiary/aromatic N) is 2. The van der Waals surface area contributed by atoms with Crippen LogP contribution in [0.4, 0.5) is 0 Å². The molecule has 24 heavy (non-hydrogen) atoms. The highest BCUT2D eigenvalue weighted by molar-refractivity contribution is 7.90. The number of rotatable bonds is 5. The molecule has 6 heteroatoms. The Morgan fingerprint density at radius 2 is 2.00 bits per heavy atom. The fraction of sp³-hybridized carbons (Fsp3) is 0.500. The largest absolute Gasteiger partial charge is 0.298 e. The highest BCUT2D eigenvalue weighted by Gasteiger charge is 2.29. The third kappa shape index (κ3) is 3.70. The topological polar surface area (TPSA) is 66.1 Å². The number of aromatic nitrogens is 2. The van der Waals surface area contributed by atoms with Crippen molar-refractivity contribution in [3.63, 3.8) is 0 Å². The number of likely N-dealkylation sites (tertiary alicyclic amines) is 1. The second kappa shape index (κ2) is 6.69. The van der Waals surface area contributed by atoms with Gasteiger partial charge in [0.15, 0.2) is 9.84 Å². The molecule has 0 saturated carbocycles. The van der Waals surface area contributed by atoms with Crippen LogP contribution in [0.25, 0.3) is 0 Å². The Morgan fingerprint density at radius 1 is 1.29 bits per heavy atom. The van der Waals surface area contributed by atoms with Gasteiger partial charge in [0.2, 0.25) is 0 Å². The SMILES string of the molecule is CC(C)c1ccc(CN2CC[C@H](c3[nH]ncc3S(C)(=O)=O)C2)cc1. The zero-order chi connectivity index (χ0) is 17.3. The molecule has 1 aliphatic rings. The van der Waals surface area contributed by atoms with E-state index in [9.17, 15) is 8.42 Å². The van der Waals surface area contributed by atoms with Gasteiger partial charge in [-0.1, -0.05) is 38.1 Å². The first-order chi connectivity index (χ1) is 11.3. The Kier molecular flexibility index (Phi) is 4.78. The van der Waals surface area contributed by atoms with Crippen molar-refractivity contribution in [2.75, 3.05) is 19.3 Å². The zero-order valence-electron chi connectivity index (χ0n) is 14.5. The first-order valence-electron chi connectivity index (χ1n) is 8.39. The van der Waals surface area contributed by atoms with Crippen LogP contribution in [-0.2, 0) is 16.4 Å². The van der Waals surface area contributed by atoms with Crippen LogP contribution in [0.15, 0.2) is 35.4 Å². The van der Waals surface area contributed by atoms with Gasteiger partial charge in [0.1, 0.15) is 4.90 Å². The summed E-state index contributed by atoms with van der Waals surface area (Å²) >= 11 is 0. The summed E-state index contributed by atoms with van der Waals surface area (Å²) in [6.45, 7) is 7.13. The number of hydrogen-bond donors (Lipinski definition) is 1. The lowest BCUT2D eigenvalue weighted by molar-refractivity contribution is 0.326. The van der Waals surface area contributed by atoms with Gasteiger partial charge in [-0.2, -0.15) is 5.10 Å². The van der Waals surface area contributed by atoms with Gasteiger partial charge in [-0.15, -0.1) is 0 Å². The second-order valence-electron chi connectivity index (χ2n) is 7.04. The minimum atomic E-state index is -3.23. The standard InChI is InChI=1S/C18H25N3O2S/c1-13(2)15-6-4-14(5-7-15)11-21-9-8-16(12-21)18-17(10-19-20-18)24(3,22)23/h4-7,10,13,16H,8-9,11-12H2,1-3H3,(H,19,20)/t16-/m0/s1. The summed E-state index contributed by atoms with van der Waals surface area (Å²) in [7, 11) is -3.23. The molecule has 1 aromatic heterocycles. The number of sulfone groups is 1. The maximum atomic E-state index is 11.9. The maximum absolute atomic E-state index is 11.9. The summed E-state index contributed by atoms with van der Waals surface area (Å²) < 4.78 is 23.7. The van der Waals surface area contributed by atoms with E-state index in [0.717, 1.165) is 31.7 Å². The van der Waals surface area contributed by atoms with Crippen molar-refractivity contribution in [3.8, 4) is 0 Å². The van der Waals surface area contributed by atoms with Gasteiger partial charge in [-0.05, 0) is 30.0 Å².